The Morgan fingerprint density at radius 1 is 1.10 bits per heavy atom. The van der Waals surface area contributed by atoms with Crippen LogP contribution in [-0.4, -0.2) is 25.0 Å². The highest BCUT2D eigenvalue weighted by atomic mass is 16.2. The third-order valence-corrected chi connectivity index (χ3v) is 4.41. The molecule has 1 atom stereocenters. The summed E-state index contributed by atoms with van der Waals surface area (Å²) in [7, 11) is 0. The number of hydrogen-bond donors (Lipinski definition) is 3. The fourth-order valence-corrected chi connectivity index (χ4v) is 3.12. The van der Waals surface area contributed by atoms with Gasteiger partial charge in [0, 0.05) is 11.4 Å². The van der Waals surface area contributed by atoms with Gasteiger partial charge in [-0.3, -0.25) is 4.79 Å². The van der Waals surface area contributed by atoms with Gasteiger partial charge in [-0.2, -0.15) is 0 Å². The summed E-state index contributed by atoms with van der Waals surface area (Å²) in [5.41, 5.74) is 3.24. The van der Waals surface area contributed by atoms with Crippen LogP contribution in [0, 0.1) is 0 Å². The summed E-state index contributed by atoms with van der Waals surface area (Å²) in [6.07, 6.45) is 4.07. The molecule has 2 fully saturated rings. The molecule has 2 aliphatic heterocycles. The monoisotopic (exact) mass is 285 g/mol. The summed E-state index contributed by atoms with van der Waals surface area (Å²) in [6.45, 7) is 6.02. The second-order valence-electron chi connectivity index (χ2n) is 5.97. The zero-order valence-electron chi connectivity index (χ0n) is 12.3. The van der Waals surface area contributed by atoms with E-state index in [2.05, 4.69) is 46.8 Å². The van der Waals surface area contributed by atoms with Gasteiger partial charge in [0.05, 0.1) is 0 Å². The first kappa shape index (κ1) is 14.1. The van der Waals surface area contributed by atoms with E-state index >= 15 is 0 Å². The lowest BCUT2D eigenvalue weighted by Gasteiger charge is -2.26. The predicted molar refractivity (Wildman–Crippen MR) is 85.2 cm³/mol. The molecule has 0 aliphatic carbocycles. The molecule has 3 N–H and O–H groups in total. The smallest absolute Gasteiger partial charge is 0.246 e. The Bertz CT molecular complexity index is 517. The van der Waals surface area contributed by atoms with Crippen LogP contribution < -0.4 is 16.0 Å². The molecule has 3 rings (SSSR count). The Morgan fingerprint density at radius 3 is 2.48 bits per heavy atom. The van der Waals surface area contributed by atoms with Gasteiger partial charge in [0.2, 0.25) is 5.91 Å². The Labute approximate surface area is 126 Å². The van der Waals surface area contributed by atoms with E-state index in [1.165, 1.54) is 18.4 Å². The van der Waals surface area contributed by atoms with E-state index in [0.717, 1.165) is 37.3 Å². The summed E-state index contributed by atoms with van der Waals surface area (Å²) in [5.74, 6) is 0.690. The van der Waals surface area contributed by atoms with Crippen molar-refractivity contribution in [2.24, 2.45) is 0 Å². The standard InChI is InChI=1S/C17H23N3O/c1-12-2-7-16(17(21)19-12)20-15-5-3-13(4-6-15)14-8-10-18-11-9-14/h3-6,14,16,18,20H,1-2,7-11H2,(H,19,21). The second-order valence-corrected chi connectivity index (χ2v) is 5.97. The molecule has 1 aromatic rings. The molecule has 21 heavy (non-hydrogen) atoms. The topological polar surface area (TPSA) is 53.2 Å². The Morgan fingerprint density at radius 2 is 1.81 bits per heavy atom. The van der Waals surface area contributed by atoms with Crippen LogP contribution in [0.2, 0.25) is 0 Å². The summed E-state index contributed by atoms with van der Waals surface area (Å²) < 4.78 is 0. The minimum atomic E-state index is -0.153. The number of nitrogens with one attached hydrogen (secondary N) is 3. The van der Waals surface area contributed by atoms with Gasteiger partial charge >= 0.3 is 0 Å². The third-order valence-electron chi connectivity index (χ3n) is 4.41. The van der Waals surface area contributed by atoms with Crippen molar-refractivity contribution in [1.82, 2.24) is 10.6 Å². The molecule has 0 aromatic heterocycles. The van der Waals surface area contributed by atoms with Gasteiger partial charge in [0.1, 0.15) is 6.04 Å². The minimum Gasteiger partial charge on any atom is -0.374 e. The van der Waals surface area contributed by atoms with E-state index in [-0.39, 0.29) is 11.9 Å². The van der Waals surface area contributed by atoms with Crippen LogP contribution in [0.5, 0.6) is 0 Å². The van der Waals surface area contributed by atoms with Gasteiger partial charge in [-0.25, -0.2) is 0 Å². The summed E-state index contributed by atoms with van der Waals surface area (Å²) in [5, 5.41) is 9.52. The summed E-state index contributed by atoms with van der Waals surface area (Å²) >= 11 is 0. The molecule has 2 heterocycles. The molecule has 4 heteroatoms. The van der Waals surface area contributed by atoms with Crippen molar-refractivity contribution >= 4 is 11.6 Å². The van der Waals surface area contributed by atoms with Crippen LogP contribution in [0.15, 0.2) is 36.5 Å². The first-order valence-electron chi connectivity index (χ1n) is 7.78. The van der Waals surface area contributed by atoms with Crippen molar-refractivity contribution in [1.29, 1.82) is 0 Å². The van der Waals surface area contributed by atoms with Crippen molar-refractivity contribution in [3.05, 3.63) is 42.1 Å². The molecule has 2 aliphatic rings. The Kier molecular flexibility index (Phi) is 4.25. The van der Waals surface area contributed by atoms with Crippen molar-refractivity contribution in [2.45, 2.75) is 37.6 Å². The Balaban J connectivity index is 1.61. The maximum absolute atomic E-state index is 11.9. The first-order valence-corrected chi connectivity index (χ1v) is 7.78. The molecule has 2 saturated heterocycles. The molecule has 112 valence electrons. The highest BCUT2D eigenvalue weighted by molar-refractivity contribution is 5.87. The first-order chi connectivity index (χ1) is 10.2. The normalized spacial score (nSPS) is 23.7. The van der Waals surface area contributed by atoms with Crippen LogP contribution in [0.1, 0.15) is 37.2 Å². The van der Waals surface area contributed by atoms with E-state index in [9.17, 15) is 4.79 Å². The van der Waals surface area contributed by atoms with Crippen molar-refractivity contribution in [2.75, 3.05) is 18.4 Å². The molecular formula is C17H23N3O. The fraction of sp³-hybridized carbons (Fsp3) is 0.471. The van der Waals surface area contributed by atoms with Gasteiger partial charge in [-0.05, 0) is 62.4 Å². The van der Waals surface area contributed by atoms with Crippen LogP contribution in [-0.2, 0) is 4.79 Å². The van der Waals surface area contributed by atoms with Gasteiger partial charge in [-0.1, -0.05) is 18.7 Å². The number of carbonyl (C=O) groups excluding carboxylic acids is 1. The van der Waals surface area contributed by atoms with Crippen LogP contribution in [0.3, 0.4) is 0 Å². The highest BCUT2D eigenvalue weighted by Gasteiger charge is 2.23. The molecular weight excluding hydrogens is 262 g/mol. The lowest BCUT2D eigenvalue weighted by atomic mass is 9.90. The minimum absolute atomic E-state index is 0.0219. The molecule has 1 amide bonds. The zero-order valence-corrected chi connectivity index (χ0v) is 12.3. The number of piperidine rings is 2. The van der Waals surface area contributed by atoms with Crippen molar-refractivity contribution in [3.8, 4) is 0 Å². The van der Waals surface area contributed by atoms with E-state index in [4.69, 9.17) is 0 Å². The van der Waals surface area contributed by atoms with E-state index in [1.807, 2.05) is 0 Å². The van der Waals surface area contributed by atoms with Gasteiger partial charge < -0.3 is 16.0 Å². The highest BCUT2D eigenvalue weighted by Crippen LogP contribution is 2.26. The van der Waals surface area contributed by atoms with E-state index < -0.39 is 0 Å². The lowest BCUT2D eigenvalue weighted by molar-refractivity contribution is -0.122. The fourth-order valence-electron chi connectivity index (χ4n) is 3.12. The van der Waals surface area contributed by atoms with Gasteiger partial charge in [-0.15, -0.1) is 0 Å². The number of carbonyl (C=O) groups is 1. The number of allylic oxidation sites excluding steroid dienone is 1. The molecule has 0 saturated carbocycles. The van der Waals surface area contributed by atoms with Crippen molar-refractivity contribution < 1.29 is 4.79 Å². The Hall–Kier alpha value is -1.81. The molecule has 1 unspecified atom stereocenters. The number of benzene rings is 1. The predicted octanol–water partition coefficient (Wildman–Crippen LogP) is 2.36. The summed E-state index contributed by atoms with van der Waals surface area (Å²) in [4.78, 5) is 11.9. The average Bonchev–Trinajstić information content (AvgIpc) is 2.52. The lowest BCUT2D eigenvalue weighted by Crippen LogP contribution is -2.43. The quantitative estimate of drug-likeness (QED) is 0.799. The molecule has 0 bridgehead atoms. The van der Waals surface area contributed by atoms with Gasteiger partial charge in [0.25, 0.3) is 0 Å². The third kappa shape index (κ3) is 3.45. The number of anilines is 1. The zero-order chi connectivity index (χ0) is 14.7. The summed E-state index contributed by atoms with van der Waals surface area (Å²) in [6, 6.07) is 8.42. The van der Waals surface area contributed by atoms with Crippen molar-refractivity contribution in [3.63, 3.8) is 0 Å². The van der Waals surface area contributed by atoms with E-state index in [0.29, 0.717) is 5.92 Å². The number of amides is 1. The number of hydrogen-bond acceptors (Lipinski definition) is 3. The maximum Gasteiger partial charge on any atom is 0.246 e. The average molecular weight is 285 g/mol. The second kappa shape index (κ2) is 6.31. The largest absolute Gasteiger partial charge is 0.374 e. The molecule has 1 aromatic carbocycles. The van der Waals surface area contributed by atoms with Crippen LogP contribution in [0.25, 0.3) is 0 Å². The van der Waals surface area contributed by atoms with Crippen LogP contribution in [0.4, 0.5) is 5.69 Å². The maximum atomic E-state index is 11.9. The SMILES string of the molecule is C=C1CCC(Nc2ccc(C3CCNCC3)cc2)C(=O)N1. The molecule has 4 nitrogen and oxygen atoms in total. The molecule has 0 spiro atoms. The molecule has 0 radical (unpaired) electrons. The van der Waals surface area contributed by atoms with E-state index in [1.54, 1.807) is 0 Å². The van der Waals surface area contributed by atoms with Crippen LogP contribution >= 0.6 is 0 Å². The van der Waals surface area contributed by atoms with Gasteiger partial charge in [0.15, 0.2) is 0 Å². The number of rotatable bonds is 3.